The summed E-state index contributed by atoms with van der Waals surface area (Å²) < 4.78 is 18.6. The minimum absolute atomic E-state index is 0.140. The molecule has 2 aliphatic rings. The summed E-state index contributed by atoms with van der Waals surface area (Å²) in [7, 11) is 0. The van der Waals surface area contributed by atoms with Crippen molar-refractivity contribution in [2.75, 3.05) is 62.7 Å². The second kappa shape index (κ2) is 12.1. The topological polar surface area (TPSA) is 73.9 Å². The smallest absolute Gasteiger partial charge is 0.255 e. The molecule has 2 N–H and O–H groups in total. The van der Waals surface area contributed by atoms with E-state index in [1.807, 2.05) is 12.1 Å². The number of amides is 2. The van der Waals surface area contributed by atoms with Crippen molar-refractivity contribution in [3.63, 3.8) is 0 Å². The Bertz CT molecular complexity index is 1000. The molecule has 4 rings (SSSR count). The molecule has 0 atom stereocenters. The van der Waals surface area contributed by atoms with Gasteiger partial charge in [-0.3, -0.25) is 14.5 Å². The molecule has 2 aromatic rings. The minimum atomic E-state index is -0.394. The highest BCUT2D eigenvalue weighted by Gasteiger charge is 2.22. The molecule has 188 valence electrons. The third-order valence-electron chi connectivity index (χ3n) is 6.77. The van der Waals surface area contributed by atoms with E-state index < -0.39 is 5.82 Å². The number of rotatable bonds is 8. The highest BCUT2D eigenvalue weighted by molar-refractivity contribution is 6.06. The summed E-state index contributed by atoms with van der Waals surface area (Å²) in [5, 5.41) is 5.91. The number of halogens is 1. The summed E-state index contributed by atoms with van der Waals surface area (Å²) in [6, 6.07) is 10.9. The number of anilines is 2. The summed E-state index contributed by atoms with van der Waals surface area (Å²) in [6.07, 6.45) is 3.04. The lowest BCUT2D eigenvalue weighted by atomic mass is 9.97. The third-order valence-corrected chi connectivity index (χ3v) is 6.77. The molecule has 0 unspecified atom stereocenters. The molecule has 2 amide bonds. The normalized spacial score (nSPS) is 17.3. The Morgan fingerprint density at radius 3 is 2.43 bits per heavy atom. The Labute approximate surface area is 206 Å². The molecule has 2 aromatic carbocycles. The number of nitrogens with one attached hydrogen (secondary N) is 2. The molecule has 0 spiro atoms. The number of hydrogen-bond donors (Lipinski definition) is 2. The Morgan fingerprint density at radius 2 is 1.71 bits per heavy atom. The van der Waals surface area contributed by atoms with Crippen molar-refractivity contribution in [1.82, 2.24) is 10.2 Å². The minimum Gasteiger partial charge on any atom is -0.379 e. The van der Waals surface area contributed by atoms with Gasteiger partial charge in [0.25, 0.3) is 11.8 Å². The van der Waals surface area contributed by atoms with Crippen molar-refractivity contribution >= 4 is 23.2 Å². The lowest BCUT2D eigenvalue weighted by Gasteiger charge is -2.33. The van der Waals surface area contributed by atoms with Crippen LogP contribution in [0.25, 0.3) is 0 Å². The number of ether oxygens (including phenoxy) is 1. The van der Waals surface area contributed by atoms with Crippen LogP contribution in [0.1, 0.15) is 46.9 Å². The molecule has 0 saturated carbocycles. The first kappa shape index (κ1) is 25.1. The Kier molecular flexibility index (Phi) is 8.71. The summed E-state index contributed by atoms with van der Waals surface area (Å²) in [6.45, 7) is 8.96. The first-order valence-corrected chi connectivity index (χ1v) is 12.5. The molecule has 0 bridgehead atoms. The Morgan fingerprint density at radius 1 is 1.00 bits per heavy atom. The number of hydrogen-bond acceptors (Lipinski definition) is 5. The average Bonchev–Trinajstić information content (AvgIpc) is 2.88. The fourth-order valence-electron chi connectivity index (χ4n) is 4.55. The summed E-state index contributed by atoms with van der Waals surface area (Å²) in [5.74, 6) is -0.202. The van der Waals surface area contributed by atoms with Crippen LogP contribution in [0.15, 0.2) is 42.5 Å². The first-order valence-electron chi connectivity index (χ1n) is 12.5. The average molecular weight is 483 g/mol. The molecule has 7 nitrogen and oxygen atoms in total. The van der Waals surface area contributed by atoms with Crippen molar-refractivity contribution in [2.45, 2.75) is 26.2 Å². The van der Waals surface area contributed by atoms with Gasteiger partial charge in [-0.05, 0) is 74.2 Å². The van der Waals surface area contributed by atoms with Crippen molar-refractivity contribution < 1.29 is 18.7 Å². The van der Waals surface area contributed by atoms with Gasteiger partial charge in [-0.25, -0.2) is 4.39 Å². The molecular weight excluding hydrogens is 447 g/mol. The molecular formula is C27H35FN4O3. The molecule has 0 radical (unpaired) electrons. The molecule has 2 fully saturated rings. The van der Waals surface area contributed by atoms with Gasteiger partial charge >= 0.3 is 0 Å². The molecule has 0 aliphatic carbocycles. The van der Waals surface area contributed by atoms with E-state index in [2.05, 4.69) is 27.4 Å². The number of nitrogens with zero attached hydrogens (tertiary/aromatic N) is 2. The zero-order chi connectivity index (χ0) is 24.6. The van der Waals surface area contributed by atoms with E-state index in [9.17, 15) is 14.0 Å². The quantitative estimate of drug-likeness (QED) is 0.561. The Balaban J connectivity index is 1.44. The third kappa shape index (κ3) is 7.02. The van der Waals surface area contributed by atoms with Crippen LogP contribution in [0.3, 0.4) is 0 Å². The van der Waals surface area contributed by atoms with E-state index in [4.69, 9.17) is 4.74 Å². The number of carbonyl (C=O) groups is 2. The fourth-order valence-corrected chi connectivity index (χ4v) is 4.55. The Hall–Kier alpha value is -2.97. The van der Waals surface area contributed by atoms with E-state index in [1.165, 1.54) is 24.3 Å². The number of benzene rings is 2. The maximum absolute atomic E-state index is 13.2. The van der Waals surface area contributed by atoms with Gasteiger partial charge in [0.1, 0.15) is 5.82 Å². The summed E-state index contributed by atoms with van der Waals surface area (Å²) >= 11 is 0. The SMILES string of the molecule is CC1CCN(c2ccc(NC(=O)c3ccc(F)cc3)cc2C(=O)NCCCN2CCOCC2)CC1. The predicted molar refractivity (Wildman–Crippen MR) is 136 cm³/mol. The van der Waals surface area contributed by atoms with Gasteiger partial charge in [0.15, 0.2) is 0 Å². The zero-order valence-corrected chi connectivity index (χ0v) is 20.4. The standard InChI is InChI=1S/C27H35FN4O3/c1-20-9-13-32(14-10-20)25-8-7-23(30-26(33)21-3-5-22(28)6-4-21)19-24(25)27(34)29-11-2-12-31-15-17-35-18-16-31/h3-8,19-20H,2,9-18H2,1H3,(H,29,34)(H,30,33). The van der Waals surface area contributed by atoms with E-state index in [0.717, 1.165) is 70.9 Å². The summed E-state index contributed by atoms with van der Waals surface area (Å²) in [4.78, 5) is 30.5. The van der Waals surface area contributed by atoms with E-state index >= 15 is 0 Å². The molecule has 35 heavy (non-hydrogen) atoms. The molecule has 8 heteroatoms. The zero-order valence-electron chi connectivity index (χ0n) is 20.4. The van der Waals surface area contributed by atoms with Crippen LogP contribution in [0.5, 0.6) is 0 Å². The monoisotopic (exact) mass is 482 g/mol. The molecule has 0 aromatic heterocycles. The molecule has 2 heterocycles. The van der Waals surface area contributed by atoms with Crippen LogP contribution >= 0.6 is 0 Å². The van der Waals surface area contributed by atoms with Crippen molar-refractivity contribution in [1.29, 1.82) is 0 Å². The predicted octanol–water partition coefficient (Wildman–Crippen LogP) is 3.77. The van der Waals surface area contributed by atoms with Gasteiger partial charge in [0, 0.05) is 49.7 Å². The van der Waals surface area contributed by atoms with Crippen LogP contribution < -0.4 is 15.5 Å². The molecule has 2 aliphatic heterocycles. The van der Waals surface area contributed by atoms with Gasteiger partial charge in [-0.2, -0.15) is 0 Å². The molecule has 2 saturated heterocycles. The summed E-state index contributed by atoms with van der Waals surface area (Å²) in [5.41, 5.74) is 2.34. The van der Waals surface area contributed by atoms with Crippen LogP contribution in [-0.2, 0) is 4.74 Å². The van der Waals surface area contributed by atoms with E-state index in [0.29, 0.717) is 29.3 Å². The van der Waals surface area contributed by atoms with Crippen LogP contribution in [-0.4, -0.2) is 69.2 Å². The highest BCUT2D eigenvalue weighted by Crippen LogP contribution is 2.29. The van der Waals surface area contributed by atoms with Crippen LogP contribution in [0.4, 0.5) is 15.8 Å². The number of carbonyl (C=O) groups excluding carboxylic acids is 2. The van der Waals surface area contributed by atoms with Crippen molar-refractivity contribution in [3.05, 3.63) is 59.4 Å². The van der Waals surface area contributed by atoms with E-state index in [-0.39, 0.29) is 11.8 Å². The lowest BCUT2D eigenvalue weighted by molar-refractivity contribution is 0.0374. The van der Waals surface area contributed by atoms with Crippen molar-refractivity contribution in [2.24, 2.45) is 5.92 Å². The maximum Gasteiger partial charge on any atom is 0.255 e. The van der Waals surface area contributed by atoms with Gasteiger partial charge < -0.3 is 20.3 Å². The maximum atomic E-state index is 13.2. The number of morpholine rings is 1. The fraction of sp³-hybridized carbons (Fsp3) is 0.481. The van der Waals surface area contributed by atoms with Crippen LogP contribution in [0, 0.1) is 11.7 Å². The number of piperidine rings is 1. The first-order chi connectivity index (χ1) is 17.0. The van der Waals surface area contributed by atoms with Gasteiger partial charge in [0.2, 0.25) is 0 Å². The highest BCUT2D eigenvalue weighted by atomic mass is 19.1. The van der Waals surface area contributed by atoms with Crippen molar-refractivity contribution in [3.8, 4) is 0 Å². The van der Waals surface area contributed by atoms with Gasteiger partial charge in [-0.1, -0.05) is 6.92 Å². The lowest BCUT2D eigenvalue weighted by Crippen LogP contribution is -2.38. The van der Waals surface area contributed by atoms with Crippen LogP contribution in [0.2, 0.25) is 0 Å². The van der Waals surface area contributed by atoms with E-state index in [1.54, 1.807) is 6.07 Å². The largest absolute Gasteiger partial charge is 0.379 e. The second-order valence-corrected chi connectivity index (χ2v) is 9.43. The van der Waals surface area contributed by atoms with Gasteiger partial charge in [-0.15, -0.1) is 0 Å². The van der Waals surface area contributed by atoms with Gasteiger partial charge in [0.05, 0.1) is 18.8 Å². The second-order valence-electron chi connectivity index (χ2n) is 9.43.